The van der Waals surface area contributed by atoms with E-state index in [1.165, 1.54) is 16.7 Å². The van der Waals surface area contributed by atoms with Gasteiger partial charge in [-0.1, -0.05) is 204 Å². The maximum Gasteiger partial charge on any atom is 0.148 e. The van der Waals surface area contributed by atoms with Crippen LogP contribution < -0.4 is 9.80 Å². The van der Waals surface area contributed by atoms with Crippen LogP contribution in [-0.4, -0.2) is 0 Å². The van der Waals surface area contributed by atoms with Gasteiger partial charge in [-0.05, 0) is 112 Å². The summed E-state index contributed by atoms with van der Waals surface area (Å²) in [5.41, 5.74) is 19.4. The first kappa shape index (κ1) is 44.9. The van der Waals surface area contributed by atoms with Crippen molar-refractivity contribution in [2.24, 2.45) is 0 Å². The molecule has 0 aliphatic heterocycles. The lowest BCUT2D eigenvalue weighted by Crippen LogP contribution is -2.24. The topological polar surface area (TPSA) is 19.6 Å². The highest BCUT2D eigenvalue weighted by Crippen LogP contribution is 2.62. The van der Waals surface area contributed by atoms with Crippen molar-refractivity contribution < 1.29 is 8.81 Å². The van der Waals surface area contributed by atoms with Gasteiger partial charge in [-0.2, -0.15) is 0 Å². The third kappa shape index (κ3) is 7.23. The largest absolute Gasteiger partial charge is 0.455 e. The molecule has 0 spiro atoms. The van der Waals surface area contributed by atoms with Gasteiger partial charge in [-0.3, -0.25) is 0 Å². The Morgan fingerprint density at radius 1 is 0.324 bits per heavy atom. The fraction of sp³-hybridized carbons (Fsp3) is 0.0857. The lowest BCUT2D eigenvalue weighted by atomic mass is 9.74. The van der Waals surface area contributed by atoms with E-state index in [2.05, 4.69) is 226 Å². The number of halogens is 1. The molecule has 0 unspecified atom stereocenters. The van der Waals surface area contributed by atoms with Gasteiger partial charge in [-0.15, -0.1) is 0 Å². The molecule has 2 aliphatic rings. The number of para-hydroxylation sites is 3. The molecular weight excluding hydrogens is 904 g/mol. The van der Waals surface area contributed by atoms with Crippen LogP contribution in [0.15, 0.2) is 253 Å². The summed E-state index contributed by atoms with van der Waals surface area (Å²) in [5, 5.41) is 0. The second-order valence-electron chi connectivity index (χ2n) is 20.6. The molecule has 0 N–H and O–H groups in total. The van der Waals surface area contributed by atoms with E-state index in [1.54, 1.807) is 6.07 Å². The molecule has 0 fully saturated rings. The Bertz CT molecular complexity index is 3900. The van der Waals surface area contributed by atoms with E-state index in [0.29, 0.717) is 5.69 Å². The molecule has 2 aliphatic carbocycles. The maximum atomic E-state index is 17.9. The van der Waals surface area contributed by atoms with Gasteiger partial charge in [-0.25, -0.2) is 4.39 Å². The molecule has 13 rings (SSSR count). The zero-order chi connectivity index (χ0) is 50.1. The molecule has 4 heteroatoms. The van der Waals surface area contributed by atoms with Crippen LogP contribution in [0.1, 0.15) is 49.9 Å². The van der Waals surface area contributed by atoms with Crippen LogP contribution in [0.3, 0.4) is 0 Å². The fourth-order valence-corrected chi connectivity index (χ4v) is 12.0. The van der Waals surface area contributed by atoms with Crippen molar-refractivity contribution in [1.29, 1.82) is 0 Å². The van der Waals surface area contributed by atoms with Crippen LogP contribution in [-0.2, 0) is 10.8 Å². The number of anilines is 6. The van der Waals surface area contributed by atoms with E-state index in [1.807, 2.05) is 54.6 Å². The molecule has 0 radical (unpaired) electrons. The number of fused-ring (bicyclic) bond motifs is 7. The average Bonchev–Trinajstić information content (AvgIpc) is 4.03. The average molecular weight is 957 g/mol. The number of rotatable bonds is 10. The van der Waals surface area contributed by atoms with E-state index in [9.17, 15) is 0 Å². The highest BCUT2D eigenvalue weighted by Gasteiger charge is 2.50. The second-order valence-corrected chi connectivity index (χ2v) is 20.6. The molecule has 356 valence electrons. The predicted molar refractivity (Wildman–Crippen MR) is 305 cm³/mol. The minimum Gasteiger partial charge on any atom is -0.455 e. The van der Waals surface area contributed by atoms with Gasteiger partial charge in [0.2, 0.25) is 0 Å². The van der Waals surface area contributed by atoms with Crippen molar-refractivity contribution in [2.75, 3.05) is 9.80 Å². The van der Waals surface area contributed by atoms with Crippen LogP contribution in [0.4, 0.5) is 38.5 Å². The third-order valence-corrected chi connectivity index (χ3v) is 15.5. The first-order chi connectivity index (χ1) is 36.2. The van der Waals surface area contributed by atoms with Crippen molar-refractivity contribution in [2.45, 2.75) is 38.5 Å². The Morgan fingerprint density at radius 3 is 1.20 bits per heavy atom. The SMILES string of the molecule is CC1(C)c2cc(N(c3ccccc3)c3ccccc3-c3ccccc3)ccc2-c2oc3c(c21)C(C)(C)c1cc(N(c2ccccc2-c2ccccc2)c2c(F)cc(-c4ccccc4)cc2-c2ccccc2)ccc1-3. The molecule has 10 aromatic carbocycles. The van der Waals surface area contributed by atoms with Gasteiger partial charge in [0, 0.05) is 66.8 Å². The van der Waals surface area contributed by atoms with E-state index in [-0.39, 0.29) is 5.82 Å². The molecule has 1 aromatic heterocycles. The Morgan fingerprint density at radius 2 is 0.716 bits per heavy atom. The third-order valence-electron chi connectivity index (χ3n) is 15.5. The molecular formula is C70H53FN2O. The van der Waals surface area contributed by atoms with Crippen LogP contribution in [0.2, 0.25) is 0 Å². The minimum atomic E-state index is -0.479. The van der Waals surface area contributed by atoms with Crippen molar-refractivity contribution in [1.82, 2.24) is 0 Å². The van der Waals surface area contributed by atoms with Crippen molar-refractivity contribution in [3.8, 4) is 67.2 Å². The Labute approximate surface area is 433 Å². The number of furan rings is 1. The van der Waals surface area contributed by atoms with E-state index in [4.69, 9.17) is 4.42 Å². The fourth-order valence-electron chi connectivity index (χ4n) is 12.0. The molecule has 3 nitrogen and oxygen atoms in total. The summed E-state index contributed by atoms with van der Waals surface area (Å²) >= 11 is 0. The summed E-state index contributed by atoms with van der Waals surface area (Å²) in [6, 6.07) is 86.4. The highest BCUT2D eigenvalue weighted by molar-refractivity contribution is 5.98. The first-order valence-electron chi connectivity index (χ1n) is 25.5. The molecule has 0 saturated carbocycles. The molecule has 1 heterocycles. The van der Waals surface area contributed by atoms with Gasteiger partial charge < -0.3 is 14.2 Å². The second kappa shape index (κ2) is 17.6. The van der Waals surface area contributed by atoms with Gasteiger partial charge in [0.05, 0.1) is 17.1 Å². The van der Waals surface area contributed by atoms with E-state index in [0.717, 1.165) is 101 Å². The lowest BCUT2D eigenvalue weighted by molar-refractivity contribution is 0.592. The molecule has 74 heavy (non-hydrogen) atoms. The summed E-state index contributed by atoms with van der Waals surface area (Å²) in [7, 11) is 0. The molecule has 0 amide bonds. The minimum absolute atomic E-state index is 0.314. The number of hydrogen-bond acceptors (Lipinski definition) is 3. The van der Waals surface area contributed by atoms with Crippen LogP contribution in [0.5, 0.6) is 0 Å². The molecule has 0 bridgehead atoms. The smallest absolute Gasteiger partial charge is 0.148 e. The summed E-state index contributed by atoms with van der Waals surface area (Å²) in [6.45, 7) is 9.35. The number of nitrogens with zero attached hydrogens (tertiary/aromatic N) is 2. The zero-order valence-corrected chi connectivity index (χ0v) is 41.9. The van der Waals surface area contributed by atoms with E-state index >= 15 is 4.39 Å². The summed E-state index contributed by atoms with van der Waals surface area (Å²) in [6.07, 6.45) is 0. The van der Waals surface area contributed by atoms with Crippen LogP contribution >= 0.6 is 0 Å². The van der Waals surface area contributed by atoms with E-state index < -0.39 is 10.8 Å². The monoisotopic (exact) mass is 956 g/mol. The first-order valence-corrected chi connectivity index (χ1v) is 25.5. The summed E-state index contributed by atoms with van der Waals surface area (Å²) in [4.78, 5) is 4.53. The lowest BCUT2D eigenvalue weighted by Gasteiger charge is -2.32. The summed E-state index contributed by atoms with van der Waals surface area (Å²) < 4.78 is 25.2. The van der Waals surface area contributed by atoms with Gasteiger partial charge in [0.25, 0.3) is 0 Å². The Kier molecular flexibility index (Phi) is 10.7. The van der Waals surface area contributed by atoms with Gasteiger partial charge in [0.1, 0.15) is 17.3 Å². The molecule has 0 atom stereocenters. The van der Waals surface area contributed by atoms with Crippen molar-refractivity contribution in [3.05, 3.63) is 277 Å². The van der Waals surface area contributed by atoms with Crippen LogP contribution in [0, 0.1) is 5.82 Å². The quantitative estimate of drug-likeness (QED) is 0.136. The van der Waals surface area contributed by atoms with Gasteiger partial charge in [0.15, 0.2) is 0 Å². The molecule has 11 aromatic rings. The van der Waals surface area contributed by atoms with Crippen LogP contribution in [0.25, 0.3) is 67.2 Å². The predicted octanol–water partition coefficient (Wildman–Crippen LogP) is 19.6. The standard InChI is InChI=1S/C70H53FN2O/c1-69(2)59-44-52(72(51-32-18-9-19-33-51)62-36-22-20-34-54(62)47-26-12-6-13-27-47)38-40-56(59)67-64(69)65-68(74-67)57-41-39-53(45-60(57)70(65,3)4)73(63-37-23-21-35-55(63)48-28-14-7-15-29-48)66-58(49-30-16-8-17-31-49)42-50(43-61(66)71)46-24-10-5-11-25-46/h5-45H,1-4H3. The Balaban J connectivity index is 0.957. The van der Waals surface area contributed by atoms with Gasteiger partial charge >= 0.3 is 0 Å². The van der Waals surface area contributed by atoms with Crippen molar-refractivity contribution in [3.63, 3.8) is 0 Å². The zero-order valence-electron chi connectivity index (χ0n) is 41.9. The normalized spacial score (nSPS) is 13.4. The Hall–Kier alpha value is -8.99. The molecule has 0 saturated heterocycles. The number of hydrogen-bond donors (Lipinski definition) is 0. The summed E-state index contributed by atoms with van der Waals surface area (Å²) in [5.74, 6) is 1.53. The van der Waals surface area contributed by atoms with Crippen molar-refractivity contribution >= 4 is 34.1 Å². The maximum absolute atomic E-state index is 17.9. The highest BCUT2D eigenvalue weighted by atomic mass is 19.1. The number of benzene rings is 10.